The Morgan fingerprint density at radius 2 is 1.81 bits per heavy atom. The van der Waals surface area contributed by atoms with Crippen molar-refractivity contribution >= 4 is 23.0 Å². The highest BCUT2D eigenvalue weighted by atomic mass is 16.5. The molecular formula is C23H33N5O4. The molecule has 2 aromatic rings. The molecule has 1 aromatic heterocycles. The summed E-state index contributed by atoms with van der Waals surface area (Å²) in [6.07, 6.45) is 0. The Bertz CT molecular complexity index is 1020. The normalized spacial score (nSPS) is 19.3. The van der Waals surface area contributed by atoms with Crippen molar-refractivity contribution in [1.82, 2.24) is 25.4 Å². The molecule has 4 amide bonds. The molecule has 1 saturated heterocycles. The van der Waals surface area contributed by atoms with E-state index < -0.39 is 11.5 Å². The van der Waals surface area contributed by atoms with Crippen molar-refractivity contribution in [2.45, 2.75) is 51.2 Å². The summed E-state index contributed by atoms with van der Waals surface area (Å²) in [5.41, 5.74) is 2.39. The van der Waals surface area contributed by atoms with Gasteiger partial charge in [0.15, 0.2) is 0 Å². The molecule has 2 aliphatic rings. The second kappa shape index (κ2) is 8.20. The van der Waals surface area contributed by atoms with Crippen molar-refractivity contribution in [2.75, 3.05) is 33.4 Å². The number of aromatic amines is 1. The molecule has 4 rings (SSSR count). The maximum Gasteiger partial charge on any atom is 0.318 e. The van der Waals surface area contributed by atoms with Crippen LogP contribution in [-0.4, -0.2) is 77.4 Å². The molecule has 1 spiro atoms. The van der Waals surface area contributed by atoms with Crippen LogP contribution in [0.1, 0.15) is 45.0 Å². The number of nitrogens with zero attached hydrogens (tertiary/aromatic N) is 2. The first-order valence-electron chi connectivity index (χ1n) is 11.1. The van der Waals surface area contributed by atoms with Gasteiger partial charge in [-0.1, -0.05) is 0 Å². The first-order valence-corrected chi connectivity index (χ1v) is 11.1. The summed E-state index contributed by atoms with van der Waals surface area (Å²) in [6.45, 7) is 8.92. The minimum atomic E-state index is -0.494. The van der Waals surface area contributed by atoms with Crippen LogP contribution in [0, 0.1) is 0 Å². The van der Waals surface area contributed by atoms with E-state index in [1.807, 2.05) is 45.9 Å². The average Bonchev–Trinajstić information content (AvgIpc) is 3.08. The van der Waals surface area contributed by atoms with Crippen LogP contribution in [0.4, 0.5) is 9.59 Å². The van der Waals surface area contributed by atoms with Gasteiger partial charge in [-0.2, -0.15) is 0 Å². The fourth-order valence-corrected chi connectivity index (χ4v) is 4.97. The maximum atomic E-state index is 13.1. The van der Waals surface area contributed by atoms with Crippen molar-refractivity contribution in [1.29, 1.82) is 0 Å². The number of hydrogen-bond acceptors (Lipinski definition) is 4. The molecule has 3 heterocycles. The number of aromatic nitrogens is 1. The van der Waals surface area contributed by atoms with E-state index in [0.29, 0.717) is 19.6 Å². The lowest BCUT2D eigenvalue weighted by Gasteiger charge is -2.56. The first-order chi connectivity index (χ1) is 15.2. The largest absolute Gasteiger partial charge is 0.497 e. The maximum absolute atomic E-state index is 13.1. The summed E-state index contributed by atoms with van der Waals surface area (Å²) in [5.74, 6) is 0.728. The Kier molecular flexibility index (Phi) is 5.70. The number of amides is 4. The van der Waals surface area contributed by atoms with Gasteiger partial charge in [0.05, 0.1) is 25.2 Å². The second-order valence-corrected chi connectivity index (χ2v) is 9.50. The number of hydrogen-bond donors (Lipinski definition) is 4. The first kappa shape index (κ1) is 22.3. The molecule has 2 aliphatic heterocycles. The molecule has 9 heteroatoms. The number of urea groups is 2. The molecule has 0 unspecified atom stereocenters. The fourth-order valence-electron chi connectivity index (χ4n) is 4.97. The van der Waals surface area contributed by atoms with Gasteiger partial charge in [-0.25, -0.2) is 9.59 Å². The molecule has 0 radical (unpaired) electrons. The van der Waals surface area contributed by atoms with E-state index in [-0.39, 0.29) is 30.8 Å². The van der Waals surface area contributed by atoms with Gasteiger partial charge in [0, 0.05) is 54.4 Å². The quantitative estimate of drug-likeness (QED) is 0.581. The van der Waals surface area contributed by atoms with E-state index in [1.165, 1.54) is 0 Å². The third kappa shape index (κ3) is 3.64. The number of nitrogens with one attached hydrogen (secondary N) is 3. The number of fused-ring (bicyclic) bond motifs is 4. The van der Waals surface area contributed by atoms with E-state index in [0.717, 1.165) is 27.9 Å². The minimum absolute atomic E-state index is 0.0270. The van der Waals surface area contributed by atoms with Crippen molar-refractivity contribution in [3.8, 4) is 5.75 Å². The van der Waals surface area contributed by atoms with Crippen molar-refractivity contribution < 1.29 is 19.4 Å². The summed E-state index contributed by atoms with van der Waals surface area (Å²) in [5, 5.41) is 17.2. The lowest BCUT2D eigenvalue weighted by molar-refractivity contribution is 0.0302. The fraction of sp³-hybridized carbons (Fsp3) is 0.565. The van der Waals surface area contributed by atoms with Gasteiger partial charge in [-0.05, 0) is 45.4 Å². The summed E-state index contributed by atoms with van der Waals surface area (Å²) in [7, 11) is 1.62. The van der Waals surface area contributed by atoms with Gasteiger partial charge in [0.1, 0.15) is 5.75 Å². The second-order valence-electron chi connectivity index (χ2n) is 9.50. The van der Waals surface area contributed by atoms with Crippen molar-refractivity contribution in [3.05, 3.63) is 29.5 Å². The SMILES string of the molecule is COc1ccc2c3c([nH]c2c1)[C@H](CO)N(C(=O)NC(C)C)CC31CN(C(=O)NC(C)C)C1. The van der Waals surface area contributed by atoms with E-state index in [1.54, 1.807) is 16.9 Å². The standard InChI is InChI=1S/C23H33N5O4/c1-13(2)24-21(30)27-10-23(11-27)12-28(22(31)25-14(3)4)18(9-29)20-19(23)16-7-6-15(32-5)8-17(16)26-20/h6-8,13-14,18,26,29H,9-12H2,1-5H3,(H,24,30)(H,25,31)/t18-/m0/s1. The third-order valence-electron chi connectivity index (χ3n) is 6.28. The molecule has 174 valence electrons. The zero-order valence-electron chi connectivity index (χ0n) is 19.4. The van der Waals surface area contributed by atoms with Crippen LogP contribution in [0.15, 0.2) is 18.2 Å². The molecular weight excluding hydrogens is 410 g/mol. The lowest BCUT2D eigenvalue weighted by atomic mass is 9.69. The van der Waals surface area contributed by atoms with Crippen molar-refractivity contribution in [3.63, 3.8) is 0 Å². The van der Waals surface area contributed by atoms with Gasteiger partial charge >= 0.3 is 12.1 Å². The van der Waals surface area contributed by atoms with E-state index in [4.69, 9.17) is 4.74 Å². The van der Waals surface area contributed by atoms with Gasteiger partial charge in [-0.15, -0.1) is 0 Å². The van der Waals surface area contributed by atoms with Crippen LogP contribution in [0.25, 0.3) is 10.9 Å². The lowest BCUT2D eigenvalue weighted by Crippen LogP contribution is -2.70. The molecule has 0 saturated carbocycles. The van der Waals surface area contributed by atoms with Gasteiger partial charge in [0.25, 0.3) is 0 Å². The van der Waals surface area contributed by atoms with Crippen molar-refractivity contribution in [2.24, 2.45) is 0 Å². The van der Waals surface area contributed by atoms with Gasteiger partial charge < -0.3 is 35.3 Å². The monoisotopic (exact) mass is 443 g/mol. The highest BCUT2D eigenvalue weighted by Gasteiger charge is 2.55. The predicted octanol–water partition coefficient (Wildman–Crippen LogP) is 2.31. The third-order valence-corrected chi connectivity index (χ3v) is 6.28. The van der Waals surface area contributed by atoms with Gasteiger partial charge in [0.2, 0.25) is 0 Å². The topological polar surface area (TPSA) is 110 Å². The zero-order chi connectivity index (χ0) is 23.2. The Labute approximate surface area is 188 Å². The Hall–Kier alpha value is -2.94. The molecule has 9 nitrogen and oxygen atoms in total. The Balaban J connectivity index is 1.78. The summed E-state index contributed by atoms with van der Waals surface area (Å²) in [4.78, 5) is 32.6. The number of ether oxygens (including phenoxy) is 1. The highest BCUT2D eigenvalue weighted by Crippen LogP contribution is 2.48. The average molecular weight is 444 g/mol. The van der Waals surface area contributed by atoms with Crippen LogP contribution in [0.2, 0.25) is 0 Å². The van der Waals surface area contributed by atoms with E-state index >= 15 is 0 Å². The summed E-state index contributed by atoms with van der Waals surface area (Å²) < 4.78 is 5.38. The predicted molar refractivity (Wildman–Crippen MR) is 122 cm³/mol. The minimum Gasteiger partial charge on any atom is -0.497 e. The number of benzene rings is 1. The molecule has 1 aromatic carbocycles. The summed E-state index contributed by atoms with van der Waals surface area (Å²) >= 11 is 0. The number of H-pyrrole nitrogens is 1. The summed E-state index contributed by atoms with van der Waals surface area (Å²) in [6, 6.07) is 5.07. The number of carbonyl (C=O) groups is 2. The van der Waals surface area contributed by atoms with Crippen LogP contribution in [0.3, 0.4) is 0 Å². The smallest absolute Gasteiger partial charge is 0.318 e. The molecule has 0 aliphatic carbocycles. The highest BCUT2D eigenvalue weighted by molar-refractivity contribution is 5.89. The number of likely N-dealkylation sites (tertiary alicyclic amines) is 1. The van der Waals surface area contributed by atoms with Crippen LogP contribution < -0.4 is 15.4 Å². The molecule has 32 heavy (non-hydrogen) atoms. The molecule has 1 atom stereocenters. The molecule has 0 bridgehead atoms. The van der Waals surface area contributed by atoms with E-state index in [9.17, 15) is 14.7 Å². The molecule has 4 N–H and O–H groups in total. The number of rotatable bonds is 4. The Morgan fingerprint density at radius 1 is 1.16 bits per heavy atom. The van der Waals surface area contributed by atoms with Crippen LogP contribution >= 0.6 is 0 Å². The number of aliphatic hydroxyl groups is 1. The van der Waals surface area contributed by atoms with Crippen LogP contribution in [-0.2, 0) is 5.41 Å². The number of aliphatic hydroxyl groups excluding tert-OH is 1. The van der Waals surface area contributed by atoms with Gasteiger partial charge in [-0.3, -0.25) is 0 Å². The molecule has 1 fully saturated rings. The number of methoxy groups -OCH3 is 1. The van der Waals surface area contributed by atoms with E-state index in [2.05, 4.69) is 15.6 Å². The Morgan fingerprint density at radius 3 is 2.41 bits per heavy atom. The zero-order valence-corrected chi connectivity index (χ0v) is 19.4. The van der Waals surface area contributed by atoms with Crippen LogP contribution in [0.5, 0.6) is 5.75 Å². The number of carbonyl (C=O) groups excluding carboxylic acids is 2.